The first-order valence-corrected chi connectivity index (χ1v) is 3.46. The van der Waals surface area contributed by atoms with Crippen molar-refractivity contribution in [3.05, 3.63) is 23.2 Å². The smallest absolute Gasteiger partial charge is 0.330 e. The van der Waals surface area contributed by atoms with Gasteiger partial charge in [0.15, 0.2) is 0 Å². The van der Waals surface area contributed by atoms with Gasteiger partial charge in [0.05, 0.1) is 7.11 Å². The van der Waals surface area contributed by atoms with E-state index in [1.807, 2.05) is 0 Å². The number of halogens is 1. The van der Waals surface area contributed by atoms with Crippen LogP contribution in [-0.4, -0.2) is 19.6 Å². The van der Waals surface area contributed by atoms with Gasteiger partial charge in [0, 0.05) is 5.02 Å². The first-order chi connectivity index (χ1) is 5.27. The van der Waals surface area contributed by atoms with Crippen LogP contribution in [-0.2, 0) is 0 Å². The van der Waals surface area contributed by atoms with Gasteiger partial charge in [-0.1, -0.05) is 11.6 Å². The molecule has 57 valence electrons. The number of benzene rings is 1. The van der Waals surface area contributed by atoms with Gasteiger partial charge in [0.1, 0.15) is 5.75 Å². The van der Waals surface area contributed by atoms with Crippen LogP contribution in [0.1, 0.15) is 0 Å². The zero-order valence-electron chi connectivity index (χ0n) is 6.04. The number of ether oxygens (including phenoxy) is 1. The molecule has 0 aliphatic heterocycles. The highest BCUT2D eigenvalue weighted by atomic mass is 35.5. The maximum absolute atomic E-state index is 8.71. The molecule has 0 heterocycles. The predicted octanol–water partition coefficient (Wildman–Crippen LogP) is 0.585. The molecule has 1 radical (unpaired) electrons. The predicted molar refractivity (Wildman–Crippen MR) is 45.6 cm³/mol. The minimum atomic E-state index is 0.575. The Kier molecular flexibility index (Phi) is 2.80. The van der Waals surface area contributed by atoms with E-state index >= 15 is 0 Å². The van der Waals surface area contributed by atoms with Crippen molar-refractivity contribution < 1.29 is 9.76 Å². The molecule has 0 saturated carbocycles. The van der Waals surface area contributed by atoms with Crippen molar-refractivity contribution in [2.45, 2.75) is 0 Å². The quantitative estimate of drug-likeness (QED) is 0.657. The topological polar surface area (TPSA) is 29.5 Å². The third-order valence-corrected chi connectivity index (χ3v) is 1.57. The molecule has 0 atom stereocenters. The molecule has 2 nitrogen and oxygen atoms in total. The van der Waals surface area contributed by atoms with Crippen LogP contribution < -0.4 is 10.2 Å². The molecule has 0 aromatic heterocycles. The molecule has 1 aromatic rings. The lowest BCUT2D eigenvalue weighted by Crippen LogP contribution is -2.15. The van der Waals surface area contributed by atoms with E-state index in [0.717, 1.165) is 7.48 Å². The summed E-state index contributed by atoms with van der Waals surface area (Å²) in [6.07, 6.45) is 0. The monoisotopic (exact) mass is 169 g/mol. The van der Waals surface area contributed by atoms with Crippen LogP contribution in [0.15, 0.2) is 18.2 Å². The Labute approximate surface area is 71.0 Å². The van der Waals surface area contributed by atoms with Crippen LogP contribution in [0.3, 0.4) is 0 Å². The van der Waals surface area contributed by atoms with Gasteiger partial charge in [0.25, 0.3) is 0 Å². The van der Waals surface area contributed by atoms with Crippen LogP contribution in [0.5, 0.6) is 5.75 Å². The second-order valence-electron chi connectivity index (χ2n) is 2.02. The van der Waals surface area contributed by atoms with Crippen LogP contribution >= 0.6 is 11.6 Å². The highest BCUT2D eigenvalue weighted by Crippen LogP contribution is 2.12. The Morgan fingerprint density at radius 3 is 2.82 bits per heavy atom. The van der Waals surface area contributed by atoms with E-state index in [2.05, 4.69) is 0 Å². The van der Waals surface area contributed by atoms with Gasteiger partial charge < -0.3 is 9.76 Å². The van der Waals surface area contributed by atoms with E-state index < -0.39 is 0 Å². The molecule has 0 aliphatic carbocycles. The summed E-state index contributed by atoms with van der Waals surface area (Å²) < 4.78 is 4.94. The molecule has 0 saturated heterocycles. The lowest BCUT2D eigenvalue weighted by atomic mass is 9.88. The summed E-state index contributed by atoms with van der Waals surface area (Å²) in [5.41, 5.74) is 0.583. The van der Waals surface area contributed by atoms with Crippen LogP contribution in [0, 0.1) is 0 Å². The number of hydrogen-bond acceptors (Lipinski definition) is 2. The van der Waals surface area contributed by atoms with Crippen LogP contribution in [0.4, 0.5) is 0 Å². The molecule has 0 fully saturated rings. The van der Waals surface area contributed by atoms with Crippen molar-refractivity contribution in [1.82, 2.24) is 0 Å². The zero-order chi connectivity index (χ0) is 8.27. The Balaban J connectivity index is 3.06. The van der Waals surface area contributed by atoms with Crippen molar-refractivity contribution >= 4 is 24.5 Å². The Morgan fingerprint density at radius 2 is 2.27 bits per heavy atom. The van der Waals surface area contributed by atoms with E-state index in [-0.39, 0.29) is 0 Å². The molecule has 0 unspecified atom stereocenters. The SMILES string of the molecule is COc1ccc(Cl)cc1[B]O. The maximum atomic E-state index is 8.71. The molecule has 0 bridgehead atoms. The van der Waals surface area contributed by atoms with Gasteiger partial charge in [-0.25, -0.2) is 0 Å². The van der Waals surface area contributed by atoms with E-state index in [1.165, 1.54) is 7.11 Å². The molecule has 0 aliphatic rings. The summed E-state index contributed by atoms with van der Waals surface area (Å²) in [4.78, 5) is 0. The Hall–Kier alpha value is -0.665. The van der Waals surface area contributed by atoms with Crippen LogP contribution in [0.25, 0.3) is 0 Å². The third-order valence-electron chi connectivity index (χ3n) is 1.33. The maximum Gasteiger partial charge on any atom is 0.330 e. The Morgan fingerprint density at radius 1 is 1.55 bits per heavy atom. The van der Waals surface area contributed by atoms with E-state index in [1.54, 1.807) is 18.2 Å². The molecule has 4 heteroatoms. The third kappa shape index (κ3) is 1.88. The van der Waals surface area contributed by atoms with Crippen LogP contribution in [0.2, 0.25) is 5.02 Å². The normalized spacial score (nSPS) is 9.36. The largest absolute Gasteiger partial charge is 0.497 e. The van der Waals surface area contributed by atoms with Crippen molar-refractivity contribution in [3.8, 4) is 5.75 Å². The summed E-state index contributed by atoms with van der Waals surface area (Å²) in [5, 5.41) is 9.29. The minimum absolute atomic E-state index is 0.575. The van der Waals surface area contributed by atoms with E-state index in [9.17, 15) is 0 Å². The van der Waals surface area contributed by atoms with Gasteiger partial charge in [-0.2, -0.15) is 0 Å². The lowest BCUT2D eigenvalue weighted by Gasteiger charge is -2.04. The molecule has 1 N–H and O–H groups in total. The van der Waals surface area contributed by atoms with Gasteiger partial charge in [-0.05, 0) is 23.7 Å². The second-order valence-corrected chi connectivity index (χ2v) is 2.45. The number of methoxy groups -OCH3 is 1. The summed E-state index contributed by atoms with van der Waals surface area (Å²) in [6, 6.07) is 5.03. The standard InChI is InChI=1S/C7H7BClO2/c1-11-7-3-2-5(9)4-6(7)8-10/h2-4,10H,1H3. The molecule has 1 aromatic carbocycles. The first-order valence-electron chi connectivity index (χ1n) is 3.09. The second kappa shape index (κ2) is 3.65. The van der Waals surface area contributed by atoms with Gasteiger partial charge in [0.2, 0.25) is 0 Å². The minimum Gasteiger partial charge on any atom is -0.497 e. The zero-order valence-corrected chi connectivity index (χ0v) is 6.80. The molecular formula is C7H7BClO2. The summed E-state index contributed by atoms with van der Waals surface area (Å²) in [7, 11) is 2.50. The summed E-state index contributed by atoms with van der Waals surface area (Å²) in [6.45, 7) is 0. The van der Waals surface area contributed by atoms with E-state index in [0.29, 0.717) is 16.2 Å². The van der Waals surface area contributed by atoms with E-state index in [4.69, 9.17) is 21.4 Å². The fraction of sp³-hybridized carbons (Fsp3) is 0.143. The van der Waals surface area contributed by atoms with Crippen molar-refractivity contribution in [3.63, 3.8) is 0 Å². The first kappa shape index (κ1) is 8.43. The van der Waals surface area contributed by atoms with Crippen molar-refractivity contribution in [2.24, 2.45) is 0 Å². The van der Waals surface area contributed by atoms with Gasteiger partial charge in [-0.3, -0.25) is 0 Å². The highest BCUT2D eigenvalue weighted by Gasteiger charge is 2.02. The average Bonchev–Trinajstić information content (AvgIpc) is 2.04. The Bertz CT molecular complexity index is 252. The highest BCUT2D eigenvalue weighted by molar-refractivity contribution is 6.47. The molecule has 0 amide bonds. The molecule has 0 spiro atoms. The van der Waals surface area contributed by atoms with Gasteiger partial charge >= 0.3 is 7.48 Å². The summed E-state index contributed by atoms with van der Waals surface area (Å²) >= 11 is 5.67. The molecular weight excluding hydrogens is 162 g/mol. The number of rotatable bonds is 2. The lowest BCUT2D eigenvalue weighted by molar-refractivity contribution is 0.417. The summed E-state index contributed by atoms with van der Waals surface area (Å²) in [5.74, 6) is 0.608. The average molecular weight is 169 g/mol. The van der Waals surface area contributed by atoms with Gasteiger partial charge in [-0.15, -0.1) is 0 Å². The number of hydrogen-bond donors (Lipinski definition) is 1. The molecule has 1 rings (SSSR count). The fourth-order valence-corrected chi connectivity index (χ4v) is 0.987. The van der Waals surface area contributed by atoms with Crippen molar-refractivity contribution in [1.29, 1.82) is 0 Å². The van der Waals surface area contributed by atoms with Crippen molar-refractivity contribution in [2.75, 3.05) is 7.11 Å². The fourth-order valence-electron chi connectivity index (χ4n) is 0.806. The molecule has 11 heavy (non-hydrogen) atoms.